The lowest BCUT2D eigenvalue weighted by molar-refractivity contribution is -0.139. The van der Waals surface area contributed by atoms with Crippen molar-refractivity contribution in [2.75, 3.05) is 0 Å². The van der Waals surface area contributed by atoms with E-state index < -0.39 is 17.9 Å². The third-order valence-corrected chi connectivity index (χ3v) is 3.92. The Morgan fingerprint density at radius 2 is 2.12 bits per heavy atom. The molecule has 1 heterocycles. The SMILES string of the molecule is CCCC(NC(=O)c1cnn(-c2cccc(Cl)c2)c1CC)C(=O)O. The number of carbonyl (C=O) groups excluding carboxylic acids is 1. The fourth-order valence-corrected chi connectivity index (χ4v) is 2.70. The van der Waals surface area contributed by atoms with Crippen LogP contribution in [0.4, 0.5) is 0 Å². The molecule has 0 bridgehead atoms. The molecule has 0 aliphatic heterocycles. The minimum absolute atomic E-state index is 0.375. The first-order valence-corrected chi connectivity index (χ1v) is 8.22. The topological polar surface area (TPSA) is 84.2 Å². The molecule has 2 rings (SSSR count). The highest BCUT2D eigenvalue weighted by Gasteiger charge is 2.23. The van der Waals surface area contributed by atoms with Crippen molar-refractivity contribution in [1.82, 2.24) is 15.1 Å². The van der Waals surface area contributed by atoms with Crippen LogP contribution in [0, 0.1) is 0 Å². The van der Waals surface area contributed by atoms with Crippen LogP contribution in [0.3, 0.4) is 0 Å². The first-order valence-electron chi connectivity index (χ1n) is 7.84. The maximum absolute atomic E-state index is 12.5. The van der Waals surface area contributed by atoms with Crippen LogP contribution >= 0.6 is 11.6 Å². The standard InChI is InChI=1S/C17H20ClN3O3/c1-3-6-14(17(23)24)20-16(22)13-10-19-21(15(13)4-2)12-8-5-7-11(18)9-12/h5,7-10,14H,3-4,6H2,1-2H3,(H,20,22)(H,23,24). The van der Waals surface area contributed by atoms with Crippen LogP contribution in [0.1, 0.15) is 42.7 Å². The first-order chi connectivity index (χ1) is 11.5. The largest absolute Gasteiger partial charge is 0.480 e. The highest BCUT2D eigenvalue weighted by atomic mass is 35.5. The Labute approximate surface area is 145 Å². The van der Waals surface area contributed by atoms with Crippen molar-refractivity contribution in [3.8, 4) is 5.69 Å². The second kappa shape index (κ2) is 7.97. The fraction of sp³-hybridized carbons (Fsp3) is 0.353. The normalized spacial score (nSPS) is 12.0. The molecule has 0 radical (unpaired) electrons. The molecule has 0 aliphatic rings. The zero-order valence-electron chi connectivity index (χ0n) is 13.6. The van der Waals surface area contributed by atoms with Crippen LogP contribution in [0.5, 0.6) is 0 Å². The molecule has 1 amide bonds. The Morgan fingerprint density at radius 1 is 1.38 bits per heavy atom. The molecule has 24 heavy (non-hydrogen) atoms. The number of hydrogen-bond acceptors (Lipinski definition) is 3. The molecule has 6 nitrogen and oxygen atoms in total. The Hall–Kier alpha value is -2.34. The highest BCUT2D eigenvalue weighted by molar-refractivity contribution is 6.30. The van der Waals surface area contributed by atoms with Gasteiger partial charge in [0.2, 0.25) is 0 Å². The summed E-state index contributed by atoms with van der Waals surface area (Å²) in [5, 5.41) is 16.6. The molecule has 0 aliphatic carbocycles. The van der Waals surface area contributed by atoms with E-state index in [9.17, 15) is 14.7 Å². The minimum Gasteiger partial charge on any atom is -0.480 e. The third kappa shape index (κ3) is 3.94. The molecule has 1 aromatic carbocycles. The molecular formula is C17H20ClN3O3. The van der Waals surface area contributed by atoms with Crippen LogP contribution < -0.4 is 5.32 Å². The second-order valence-electron chi connectivity index (χ2n) is 5.40. The number of aromatic nitrogens is 2. The molecule has 0 spiro atoms. The van der Waals surface area contributed by atoms with Gasteiger partial charge in [0.25, 0.3) is 5.91 Å². The van der Waals surface area contributed by atoms with Gasteiger partial charge in [0.05, 0.1) is 23.1 Å². The van der Waals surface area contributed by atoms with E-state index in [4.69, 9.17) is 11.6 Å². The van der Waals surface area contributed by atoms with E-state index in [1.165, 1.54) is 6.20 Å². The van der Waals surface area contributed by atoms with Gasteiger partial charge in [0.15, 0.2) is 0 Å². The summed E-state index contributed by atoms with van der Waals surface area (Å²) in [5.41, 5.74) is 1.83. The van der Waals surface area contributed by atoms with Crippen LogP contribution in [-0.4, -0.2) is 32.8 Å². The average molecular weight is 350 g/mol. The number of carboxylic acid groups (broad SMARTS) is 1. The van der Waals surface area contributed by atoms with E-state index in [2.05, 4.69) is 10.4 Å². The zero-order valence-corrected chi connectivity index (χ0v) is 14.4. The van der Waals surface area contributed by atoms with Crippen molar-refractivity contribution < 1.29 is 14.7 Å². The molecule has 0 fully saturated rings. The fourth-order valence-electron chi connectivity index (χ4n) is 2.52. The highest BCUT2D eigenvalue weighted by Crippen LogP contribution is 2.19. The van der Waals surface area contributed by atoms with Crippen molar-refractivity contribution in [3.63, 3.8) is 0 Å². The lowest BCUT2D eigenvalue weighted by Crippen LogP contribution is -2.40. The maximum atomic E-state index is 12.5. The molecule has 0 saturated heterocycles. The molecular weight excluding hydrogens is 330 g/mol. The molecule has 2 N–H and O–H groups in total. The van der Waals surface area contributed by atoms with Gasteiger partial charge in [-0.2, -0.15) is 5.10 Å². The van der Waals surface area contributed by atoms with Gasteiger partial charge in [-0.05, 0) is 31.0 Å². The minimum atomic E-state index is -1.04. The number of aliphatic carboxylic acids is 1. The number of hydrogen-bond donors (Lipinski definition) is 2. The number of benzene rings is 1. The van der Waals surface area contributed by atoms with Gasteiger partial charge in [0.1, 0.15) is 6.04 Å². The molecule has 1 aromatic heterocycles. The van der Waals surface area contributed by atoms with Gasteiger partial charge >= 0.3 is 5.97 Å². The van der Waals surface area contributed by atoms with Crippen LogP contribution in [-0.2, 0) is 11.2 Å². The van der Waals surface area contributed by atoms with E-state index in [1.807, 2.05) is 19.9 Å². The summed E-state index contributed by atoms with van der Waals surface area (Å²) in [6.45, 7) is 3.78. The van der Waals surface area contributed by atoms with E-state index >= 15 is 0 Å². The molecule has 2 aromatic rings. The van der Waals surface area contributed by atoms with Gasteiger partial charge < -0.3 is 10.4 Å². The Kier molecular flexibility index (Phi) is 5.98. The summed E-state index contributed by atoms with van der Waals surface area (Å²) in [4.78, 5) is 23.7. The van der Waals surface area contributed by atoms with Crippen molar-refractivity contribution >= 4 is 23.5 Å². The van der Waals surface area contributed by atoms with Crippen molar-refractivity contribution in [3.05, 3.63) is 46.7 Å². The van der Waals surface area contributed by atoms with Crippen molar-refractivity contribution in [1.29, 1.82) is 0 Å². The molecule has 128 valence electrons. The summed E-state index contributed by atoms with van der Waals surface area (Å²) in [6.07, 6.45) is 3.07. The maximum Gasteiger partial charge on any atom is 0.326 e. The van der Waals surface area contributed by atoms with Gasteiger partial charge in [-0.3, -0.25) is 4.79 Å². The molecule has 0 saturated carbocycles. The van der Waals surface area contributed by atoms with E-state index in [0.29, 0.717) is 35.5 Å². The number of nitrogens with one attached hydrogen (secondary N) is 1. The second-order valence-corrected chi connectivity index (χ2v) is 5.84. The van der Waals surface area contributed by atoms with Gasteiger partial charge in [-0.15, -0.1) is 0 Å². The van der Waals surface area contributed by atoms with Crippen LogP contribution in [0.25, 0.3) is 5.69 Å². The Bertz CT molecular complexity index is 742. The summed E-state index contributed by atoms with van der Waals surface area (Å²) in [7, 11) is 0. The van der Waals surface area contributed by atoms with Crippen LogP contribution in [0.2, 0.25) is 5.02 Å². The number of nitrogens with zero attached hydrogens (tertiary/aromatic N) is 2. The molecule has 1 atom stereocenters. The first kappa shape index (κ1) is 18.0. The van der Waals surface area contributed by atoms with Crippen molar-refractivity contribution in [2.45, 2.75) is 39.2 Å². The number of carboxylic acids is 1. The van der Waals surface area contributed by atoms with Gasteiger partial charge in [-0.1, -0.05) is 37.9 Å². The number of amides is 1. The Balaban J connectivity index is 2.31. The summed E-state index contributed by atoms with van der Waals surface area (Å²) in [6, 6.07) is 6.27. The average Bonchev–Trinajstić information content (AvgIpc) is 2.98. The number of halogens is 1. The monoisotopic (exact) mass is 349 g/mol. The molecule has 1 unspecified atom stereocenters. The Morgan fingerprint density at radius 3 is 2.71 bits per heavy atom. The summed E-state index contributed by atoms with van der Waals surface area (Å²) in [5.74, 6) is -1.47. The quantitative estimate of drug-likeness (QED) is 0.804. The number of rotatable bonds is 7. The van der Waals surface area contributed by atoms with Crippen LogP contribution in [0.15, 0.2) is 30.5 Å². The van der Waals surface area contributed by atoms with E-state index in [1.54, 1.807) is 22.9 Å². The zero-order chi connectivity index (χ0) is 17.7. The van der Waals surface area contributed by atoms with Crippen molar-refractivity contribution in [2.24, 2.45) is 0 Å². The van der Waals surface area contributed by atoms with E-state index in [-0.39, 0.29) is 0 Å². The third-order valence-electron chi connectivity index (χ3n) is 3.68. The van der Waals surface area contributed by atoms with E-state index in [0.717, 1.165) is 5.69 Å². The predicted octanol–water partition coefficient (Wildman–Crippen LogP) is 3.07. The number of carbonyl (C=O) groups is 2. The van der Waals surface area contributed by atoms with Gasteiger partial charge in [0, 0.05) is 5.02 Å². The van der Waals surface area contributed by atoms with Gasteiger partial charge in [-0.25, -0.2) is 9.48 Å². The lowest BCUT2D eigenvalue weighted by Gasteiger charge is -2.14. The summed E-state index contributed by atoms with van der Waals surface area (Å²) >= 11 is 6.01. The summed E-state index contributed by atoms with van der Waals surface area (Å²) < 4.78 is 1.65. The smallest absolute Gasteiger partial charge is 0.326 e. The predicted molar refractivity (Wildman–Crippen MR) is 91.8 cm³/mol. The lowest BCUT2D eigenvalue weighted by atomic mass is 10.1. The molecule has 7 heteroatoms.